The van der Waals surface area contributed by atoms with Crippen LogP contribution in [0.1, 0.15) is 21.6 Å². The minimum atomic E-state index is -0.584. The molecule has 1 N–H and O–H groups in total. The summed E-state index contributed by atoms with van der Waals surface area (Å²) in [4.78, 5) is 25.8. The lowest BCUT2D eigenvalue weighted by Crippen LogP contribution is -2.18. The van der Waals surface area contributed by atoms with Crippen molar-refractivity contribution in [1.82, 2.24) is 10.4 Å². The summed E-state index contributed by atoms with van der Waals surface area (Å²) in [6, 6.07) is 16.0. The minimum absolute atomic E-state index is 0.0261. The minimum Gasteiger partial charge on any atom is -0.487 e. The first-order chi connectivity index (χ1) is 14.4. The molecule has 152 valence electrons. The Labute approximate surface area is 193 Å². The Morgan fingerprint density at radius 2 is 2.03 bits per heavy atom. The summed E-state index contributed by atoms with van der Waals surface area (Å²) in [5.74, 6) is 0.147. The van der Waals surface area contributed by atoms with Gasteiger partial charge in [-0.05, 0) is 67.8 Å². The molecule has 0 saturated heterocycles. The number of nitrogens with one attached hydrogen (secondary N) is 1. The average molecular weight is 581 g/mol. The topological polar surface area (TPSA) is 107 Å². The molecular formula is C20H14BrIN4O4. The van der Waals surface area contributed by atoms with Gasteiger partial charge in [-0.1, -0.05) is 30.3 Å². The first-order valence-electron chi connectivity index (χ1n) is 8.53. The summed E-state index contributed by atoms with van der Waals surface area (Å²) in [6.45, 7) is 0.446. The van der Waals surface area contributed by atoms with Crippen molar-refractivity contribution in [2.45, 2.75) is 6.61 Å². The number of nitrogens with zero attached hydrogens (tertiary/aromatic N) is 3. The van der Waals surface area contributed by atoms with E-state index in [-0.39, 0.29) is 11.4 Å². The van der Waals surface area contributed by atoms with Crippen LogP contribution in [-0.4, -0.2) is 22.0 Å². The number of carbonyl (C=O) groups is 1. The second kappa shape index (κ2) is 10.3. The number of halogens is 2. The maximum atomic E-state index is 12.0. The molecular weight excluding hydrogens is 567 g/mol. The molecule has 3 aromatic rings. The zero-order chi connectivity index (χ0) is 21.5. The van der Waals surface area contributed by atoms with Crippen molar-refractivity contribution in [3.63, 3.8) is 0 Å². The Morgan fingerprint density at radius 1 is 1.27 bits per heavy atom. The normalized spacial score (nSPS) is 10.7. The number of rotatable bonds is 7. The highest BCUT2D eigenvalue weighted by Crippen LogP contribution is 2.32. The predicted octanol–water partition coefficient (Wildman–Crippen LogP) is 4.70. The fraction of sp³-hybridized carbons (Fsp3) is 0.0500. The van der Waals surface area contributed by atoms with Crippen molar-refractivity contribution in [3.8, 4) is 5.75 Å². The van der Waals surface area contributed by atoms with Crippen LogP contribution in [0.2, 0.25) is 0 Å². The van der Waals surface area contributed by atoms with Crippen molar-refractivity contribution in [3.05, 3.63) is 95.8 Å². The fourth-order valence-corrected chi connectivity index (χ4v) is 4.14. The Bertz CT molecular complexity index is 1070. The summed E-state index contributed by atoms with van der Waals surface area (Å²) in [5.41, 5.74) is 3.99. The third-order valence-corrected chi connectivity index (χ3v) is 5.21. The molecule has 0 fully saturated rings. The zero-order valence-corrected chi connectivity index (χ0v) is 19.0. The van der Waals surface area contributed by atoms with Gasteiger partial charge in [0.25, 0.3) is 11.6 Å². The fourth-order valence-electron chi connectivity index (χ4n) is 2.37. The molecule has 0 aliphatic heterocycles. The largest absolute Gasteiger partial charge is 0.487 e. The molecule has 0 unspecified atom stereocenters. The van der Waals surface area contributed by atoms with Crippen molar-refractivity contribution < 1.29 is 14.5 Å². The summed E-state index contributed by atoms with van der Waals surface area (Å²) >= 11 is 5.67. The Hall–Kier alpha value is -2.86. The van der Waals surface area contributed by atoms with Crippen LogP contribution in [0.15, 0.2) is 70.4 Å². The van der Waals surface area contributed by atoms with Crippen molar-refractivity contribution in [2.75, 3.05) is 0 Å². The smallest absolute Gasteiger partial charge is 0.289 e. The van der Waals surface area contributed by atoms with E-state index in [1.165, 1.54) is 18.3 Å². The molecule has 1 heterocycles. The summed E-state index contributed by atoms with van der Waals surface area (Å²) in [5, 5.41) is 14.5. The Balaban J connectivity index is 1.62. The van der Waals surface area contributed by atoms with Gasteiger partial charge in [0, 0.05) is 6.07 Å². The first-order valence-corrected chi connectivity index (χ1v) is 10.4. The molecule has 0 radical (unpaired) electrons. The van der Waals surface area contributed by atoms with Gasteiger partial charge >= 0.3 is 0 Å². The number of nitro groups is 1. The van der Waals surface area contributed by atoms with Gasteiger partial charge in [0.05, 0.1) is 19.2 Å². The van der Waals surface area contributed by atoms with E-state index in [0.717, 1.165) is 31.1 Å². The van der Waals surface area contributed by atoms with E-state index in [1.807, 2.05) is 42.5 Å². The molecule has 8 nitrogen and oxygen atoms in total. The van der Waals surface area contributed by atoms with Crippen LogP contribution < -0.4 is 10.2 Å². The molecule has 0 spiro atoms. The number of benzene rings is 2. The molecule has 1 aromatic heterocycles. The lowest BCUT2D eigenvalue weighted by molar-refractivity contribution is -0.385. The predicted molar refractivity (Wildman–Crippen MR) is 124 cm³/mol. The van der Waals surface area contributed by atoms with E-state index in [1.54, 1.807) is 0 Å². The van der Waals surface area contributed by atoms with Gasteiger partial charge in [0.2, 0.25) is 0 Å². The molecule has 0 aliphatic carbocycles. The number of carbonyl (C=O) groups excluding carboxylic acids is 1. The maximum absolute atomic E-state index is 12.0. The molecule has 2 aromatic carbocycles. The second-order valence-corrected chi connectivity index (χ2v) is 7.96. The van der Waals surface area contributed by atoms with Gasteiger partial charge in [0.1, 0.15) is 24.2 Å². The number of amides is 1. The van der Waals surface area contributed by atoms with Gasteiger partial charge in [-0.3, -0.25) is 14.9 Å². The van der Waals surface area contributed by atoms with Crippen molar-refractivity contribution >= 4 is 56.3 Å². The van der Waals surface area contributed by atoms with E-state index in [9.17, 15) is 14.9 Å². The number of pyridine rings is 1. The van der Waals surface area contributed by atoms with Gasteiger partial charge in [-0.2, -0.15) is 5.10 Å². The van der Waals surface area contributed by atoms with E-state index in [0.29, 0.717) is 6.61 Å². The molecule has 0 saturated carbocycles. The SMILES string of the molecule is O=C(N/N=C\c1cc(Br)c(OCc2ccccc2)c(I)c1)c1ccc([N+](=O)[O-])cn1. The molecule has 3 rings (SSSR count). The Morgan fingerprint density at radius 3 is 2.67 bits per heavy atom. The van der Waals surface area contributed by atoms with Gasteiger partial charge in [-0.25, -0.2) is 10.4 Å². The average Bonchev–Trinajstić information content (AvgIpc) is 2.74. The molecule has 0 aliphatic rings. The van der Waals surface area contributed by atoms with Crippen LogP contribution in [0, 0.1) is 13.7 Å². The standard InChI is InChI=1S/C20H14BrIN4O4/c21-16-8-14(9-17(22)19(16)30-12-13-4-2-1-3-5-13)10-24-25-20(27)18-7-6-15(11-23-18)26(28)29/h1-11H,12H2,(H,25,27)/b24-10-. The number of hydrogen-bond acceptors (Lipinski definition) is 6. The summed E-state index contributed by atoms with van der Waals surface area (Å²) in [7, 11) is 0. The van der Waals surface area contributed by atoms with E-state index in [2.05, 4.69) is 54.0 Å². The highest BCUT2D eigenvalue weighted by atomic mass is 127. The van der Waals surface area contributed by atoms with Crippen LogP contribution in [0.25, 0.3) is 0 Å². The van der Waals surface area contributed by atoms with Crippen molar-refractivity contribution in [2.24, 2.45) is 5.10 Å². The first kappa shape index (κ1) is 21.8. The lowest BCUT2D eigenvalue weighted by atomic mass is 10.2. The van der Waals surface area contributed by atoms with Crippen LogP contribution in [0.4, 0.5) is 5.69 Å². The quantitative estimate of drug-likeness (QED) is 0.189. The van der Waals surface area contributed by atoms with Crippen molar-refractivity contribution in [1.29, 1.82) is 0 Å². The van der Waals surface area contributed by atoms with Crippen LogP contribution in [-0.2, 0) is 6.61 Å². The number of ether oxygens (including phenoxy) is 1. The van der Waals surface area contributed by atoms with E-state index in [4.69, 9.17) is 4.74 Å². The molecule has 0 atom stereocenters. The Kier molecular flexibility index (Phi) is 7.46. The monoisotopic (exact) mass is 580 g/mol. The maximum Gasteiger partial charge on any atom is 0.289 e. The third kappa shape index (κ3) is 5.83. The molecule has 1 amide bonds. The second-order valence-electron chi connectivity index (χ2n) is 5.95. The van der Waals surface area contributed by atoms with Crippen LogP contribution >= 0.6 is 38.5 Å². The van der Waals surface area contributed by atoms with Gasteiger partial charge in [-0.15, -0.1) is 0 Å². The highest BCUT2D eigenvalue weighted by Gasteiger charge is 2.11. The highest BCUT2D eigenvalue weighted by molar-refractivity contribution is 14.1. The molecule has 0 bridgehead atoms. The van der Waals surface area contributed by atoms with Gasteiger partial charge < -0.3 is 4.74 Å². The zero-order valence-electron chi connectivity index (χ0n) is 15.3. The summed E-state index contributed by atoms with van der Waals surface area (Å²) in [6.07, 6.45) is 2.50. The number of aromatic nitrogens is 1. The molecule has 30 heavy (non-hydrogen) atoms. The van der Waals surface area contributed by atoms with Crippen LogP contribution in [0.3, 0.4) is 0 Å². The van der Waals surface area contributed by atoms with E-state index < -0.39 is 10.8 Å². The number of hydrazone groups is 1. The van der Waals surface area contributed by atoms with E-state index >= 15 is 0 Å². The lowest BCUT2D eigenvalue weighted by Gasteiger charge is -2.11. The molecule has 10 heteroatoms. The van der Waals surface area contributed by atoms with Crippen LogP contribution in [0.5, 0.6) is 5.75 Å². The number of hydrogen-bond donors (Lipinski definition) is 1. The third-order valence-electron chi connectivity index (χ3n) is 3.82. The van der Waals surface area contributed by atoms with Gasteiger partial charge in [0.15, 0.2) is 0 Å². The summed E-state index contributed by atoms with van der Waals surface area (Å²) < 4.78 is 7.55.